The first kappa shape index (κ1) is 25.5. The standard InChI is InChI=1S/C22H25N7O5S2/c1-12-9-23-19(24-10-12)18(30)14(3)36(31,32)28-22-27-26-20(21-25-13(2)11-35-21)29(22)17-15(33-4)7-6-8-16(17)34-5/h6-11,14,18,30H,1-5H3,(H,27,28)/t14-,18-/m1/s1. The van der Waals surface area contributed by atoms with Crippen LogP contribution in [0, 0.1) is 13.8 Å². The molecule has 2 N–H and O–H groups in total. The lowest BCUT2D eigenvalue weighted by Crippen LogP contribution is -2.32. The van der Waals surface area contributed by atoms with Gasteiger partial charge in [-0.15, -0.1) is 21.5 Å². The number of sulfonamides is 1. The summed E-state index contributed by atoms with van der Waals surface area (Å²) in [6.07, 6.45) is 1.53. The van der Waals surface area contributed by atoms with Crippen LogP contribution in [0.5, 0.6) is 11.5 Å². The van der Waals surface area contributed by atoms with Crippen LogP contribution in [0.3, 0.4) is 0 Å². The van der Waals surface area contributed by atoms with Gasteiger partial charge in [-0.1, -0.05) is 6.07 Å². The number of nitrogens with zero attached hydrogens (tertiary/aromatic N) is 6. The van der Waals surface area contributed by atoms with E-state index in [0.717, 1.165) is 11.3 Å². The number of hydrogen-bond acceptors (Lipinski definition) is 11. The first-order valence-corrected chi connectivity index (χ1v) is 13.2. The fourth-order valence-corrected chi connectivity index (χ4v) is 5.17. The summed E-state index contributed by atoms with van der Waals surface area (Å²) >= 11 is 1.33. The third-order valence-corrected chi connectivity index (χ3v) is 7.99. The van der Waals surface area contributed by atoms with Crippen LogP contribution in [0.1, 0.15) is 30.1 Å². The lowest BCUT2D eigenvalue weighted by molar-refractivity contribution is 0.166. The zero-order valence-electron chi connectivity index (χ0n) is 20.2. The van der Waals surface area contributed by atoms with Gasteiger partial charge in [0.15, 0.2) is 16.7 Å². The Labute approximate surface area is 212 Å². The highest BCUT2D eigenvalue weighted by molar-refractivity contribution is 7.93. The molecule has 0 saturated carbocycles. The smallest absolute Gasteiger partial charge is 0.243 e. The van der Waals surface area contributed by atoms with E-state index in [0.29, 0.717) is 22.2 Å². The van der Waals surface area contributed by atoms with Crippen molar-refractivity contribution in [1.82, 2.24) is 29.7 Å². The molecule has 0 aliphatic heterocycles. The highest BCUT2D eigenvalue weighted by Gasteiger charge is 2.34. The largest absolute Gasteiger partial charge is 0.494 e. The van der Waals surface area contributed by atoms with E-state index in [2.05, 4.69) is 29.9 Å². The molecule has 0 fully saturated rings. The summed E-state index contributed by atoms with van der Waals surface area (Å²) in [6, 6.07) is 5.14. The molecule has 2 atom stereocenters. The third kappa shape index (κ3) is 4.87. The Morgan fingerprint density at radius 3 is 2.28 bits per heavy atom. The summed E-state index contributed by atoms with van der Waals surface area (Å²) in [6.45, 7) is 4.98. The number of rotatable bonds is 9. The van der Waals surface area contributed by atoms with Crippen molar-refractivity contribution in [2.75, 3.05) is 18.9 Å². The topological polar surface area (TPSA) is 154 Å². The molecule has 0 spiro atoms. The Kier molecular flexibility index (Phi) is 7.19. The fraction of sp³-hybridized carbons (Fsp3) is 0.318. The number of hydrogen-bond donors (Lipinski definition) is 2. The minimum Gasteiger partial charge on any atom is -0.494 e. The molecule has 0 saturated heterocycles. The molecule has 3 aromatic heterocycles. The normalized spacial score (nSPS) is 13.3. The molecule has 3 heterocycles. The van der Waals surface area contributed by atoms with Crippen molar-refractivity contribution in [3.63, 3.8) is 0 Å². The van der Waals surface area contributed by atoms with Crippen LogP contribution in [-0.4, -0.2) is 62.7 Å². The molecular formula is C22H25N7O5S2. The predicted molar refractivity (Wildman–Crippen MR) is 134 cm³/mol. The Bertz CT molecular complexity index is 1450. The summed E-state index contributed by atoms with van der Waals surface area (Å²) < 4.78 is 41.7. The van der Waals surface area contributed by atoms with Crippen LogP contribution in [0.25, 0.3) is 16.5 Å². The number of nitrogens with one attached hydrogen (secondary N) is 1. The van der Waals surface area contributed by atoms with E-state index >= 15 is 0 Å². The van der Waals surface area contributed by atoms with Crippen LogP contribution in [0.2, 0.25) is 0 Å². The molecule has 0 radical (unpaired) electrons. The molecule has 1 aromatic carbocycles. The van der Waals surface area contributed by atoms with Gasteiger partial charge >= 0.3 is 0 Å². The number of ether oxygens (including phenoxy) is 2. The summed E-state index contributed by atoms with van der Waals surface area (Å²) in [5.41, 5.74) is 1.93. The average Bonchev–Trinajstić information content (AvgIpc) is 3.48. The highest BCUT2D eigenvalue weighted by Crippen LogP contribution is 2.38. The number of para-hydroxylation sites is 1. The van der Waals surface area contributed by atoms with Crippen molar-refractivity contribution in [3.05, 3.63) is 53.1 Å². The zero-order valence-corrected chi connectivity index (χ0v) is 21.8. The molecule has 0 amide bonds. The van der Waals surface area contributed by atoms with Gasteiger partial charge in [-0.05, 0) is 38.5 Å². The Balaban J connectivity index is 1.81. The molecular weight excluding hydrogens is 506 g/mol. The van der Waals surface area contributed by atoms with Crippen molar-refractivity contribution in [3.8, 4) is 28.0 Å². The number of aliphatic hydroxyl groups is 1. The minimum absolute atomic E-state index is 0.00899. The maximum Gasteiger partial charge on any atom is 0.243 e. The van der Waals surface area contributed by atoms with Crippen LogP contribution < -0.4 is 14.2 Å². The number of aryl methyl sites for hydroxylation is 2. The number of thiazole rings is 1. The van der Waals surface area contributed by atoms with Gasteiger partial charge in [0.05, 0.1) is 14.2 Å². The molecule has 4 rings (SSSR count). The first-order valence-electron chi connectivity index (χ1n) is 10.7. The first-order chi connectivity index (χ1) is 17.2. The van der Waals surface area contributed by atoms with E-state index in [1.807, 2.05) is 12.3 Å². The number of aromatic nitrogens is 6. The molecule has 36 heavy (non-hydrogen) atoms. The van der Waals surface area contributed by atoms with Crippen molar-refractivity contribution in [2.45, 2.75) is 32.1 Å². The van der Waals surface area contributed by atoms with Crippen LogP contribution in [0.4, 0.5) is 5.95 Å². The van der Waals surface area contributed by atoms with E-state index < -0.39 is 21.4 Å². The van der Waals surface area contributed by atoms with Gasteiger partial charge < -0.3 is 14.6 Å². The van der Waals surface area contributed by atoms with Crippen molar-refractivity contribution < 1.29 is 23.0 Å². The number of benzene rings is 1. The van der Waals surface area contributed by atoms with Crippen molar-refractivity contribution in [1.29, 1.82) is 0 Å². The quantitative estimate of drug-likeness (QED) is 0.329. The molecule has 0 bridgehead atoms. The SMILES string of the molecule is COc1cccc(OC)c1-n1c(NS(=O)(=O)[C@H](C)[C@@H](O)c2ncc(C)cn2)nnc1-c1nc(C)cs1. The Morgan fingerprint density at radius 2 is 1.72 bits per heavy atom. The summed E-state index contributed by atoms with van der Waals surface area (Å²) in [4.78, 5) is 12.6. The van der Waals surface area contributed by atoms with Gasteiger partial charge in [0.1, 0.15) is 28.5 Å². The van der Waals surface area contributed by atoms with E-state index in [4.69, 9.17) is 9.47 Å². The second-order valence-electron chi connectivity index (χ2n) is 7.90. The van der Waals surface area contributed by atoms with Gasteiger partial charge in [-0.3, -0.25) is 9.29 Å². The molecule has 12 nitrogen and oxygen atoms in total. The average molecular weight is 532 g/mol. The van der Waals surface area contributed by atoms with Gasteiger partial charge in [0.25, 0.3) is 0 Å². The van der Waals surface area contributed by atoms with Gasteiger partial charge in [-0.2, -0.15) is 0 Å². The predicted octanol–water partition coefficient (Wildman–Crippen LogP) is 2.68. The fourth-order valence-electron chi connectivity index (χ4n) is 3.36. The van der Waals surface area contributed by atoms with Gasteiger partial charge in [0, 0.05) is 23.5 Å². The second-order valence-corrected chi connectivity index (χ2v) is 10.8. The monoisotopic (exact) mass is 531 g/mol. The summed E-state index contributed by atoms with van der Waals surface area (Å²) in [7, 11) is -1.23. The summed E-state index contributed by atoms with van der Waals surface area (Å²) in [5, 5.41) is 20.1. The van der Waals surface area contributed by atoms with Crippen LogP contribution in [0.15, 0.2) is 36.0 Å². The van der Waals surface area contributed by atoms with Crippen LogP contribution in [-0.2, 0) is 10.0 Å². The van der Waals surface area contributed by atoms with E-state index in [1.165, 1.54) is 49.4 Å². The Morgan fingerprint density at radius 1 is 1.08 bits per heavy atom. The van der Waals surface area contributed by atoms with Gasteiger partial charge in [0.2, 0.25) is 16.0 Å². The summed E-state index contributed by atoms with van der Waals surface area (Å²) in [5.74, 6) is 0.925. The van der Waals surface area contributed by atoms with Crippen molar-refractivity contribution >= 4 is 27.3 Å². The van der Waals surface area contributed by atoms with E-state index in [9.17, 15) is 13.5 Å². The minimum atomic E-state index is -4.21. The lowest BCUT2D eigenvalue weighted by Gasteiger charge is -2.20. The molecule has 190 valence electrons. The third-order valence-electron chi connectivity index (χ3n) is 5.33. The van der Waals surface area contributed by atoms with E-state index in [-0.39, 0.29) is 17.6 Å². The maximum atomic E-state index is 13.3. The highest BCUT2D eigenvalue weighted by atomic mass is 32.2. The number of anilines is 1. The van der Waals surface area contributed by atoms with Crippen molar-refractivity contribution in [2.24, 2.45) is 0 Å². The van der Waals surface area contributed by atoms with Gasteiger partial charge in [-0.25, -0.2) is 23.4 Å². The van der Waals surface area contributed by atoms with E-state index in [1.54, 1.807) is 25.1 Å². The molecule has 4 aromatic rings. The maximum absolute atomic E-state index is 13.3. The Hall–Kier alpha value is -3.62. The number of methoxy groups -OCH3 is 2. The molecule has 0 unspecified atom stereocenters. The van der Waals surface area contributed by atoms with Crippen LogP contribution >= 0.6 is 11.3 Å². The zero-order chi connectivity index (χ0) is 26.0. The lowest BCUT2D eigenvalue weighted by atomic mass is 10.2. The molecule has 0 aliphatic carbocycles. The molecule has 0 aliphatic rings. The number of aliphatic hydroxyl groups excluding tert-OH is 1. The molecule has 14 heteroatoms. The second kappa shape index (κ2) is 10.2.